The van der Waals surface area contributed by atoms with Gasteiger partial charge in [-0.3, -0.25) is 14.3 Å². The van der Waals surface area contributed by atoms with E-state index < -0.39 is 0 Å². The number of nitrogens with one attached hydrogen (secondary N) is 1. The second-order valence-corrected chi connectivity index (χ2v) is 9.16. The Kier molecular flexibility index (Phi) is 7.29. The summed E-state index contributed by atoms with van der Waals surface area (Å²) in [4.78, 5) is 14.8. The lowest BCUT2D eigenvalue weighted by molar-refractivity contribution is -0.120. The van der Waals surface area contributed by atoms with E-state index in [2.05, 4.69) is 27.3 Å². The Balaban J connectivity index is 1.92. The molecule has 1 amide bonds. The highest BCUT2D eigenvalue weighted by Gasteiger charge is 2.27. The molecule has 1 aromatic heterocycles. The zero-order valence-corrected chi connectivity index (χ0v) is 18.4. The van der Waals surface area contributed by atoms with Gasteiger partial charge in [-0.1, -0.05) is 18.2 Å². The van der Waals surface area contributed by atoms with Crippen molar-refractivity contribution in [3.8, 4) is 5.69 Å². The Bertz CT molecular complexity index is 817. The van der Waals surface area contributed by atoms with Crippen molar-refractivity contribution < 1.29 is 9.18 Å². The van der Waals surface area contributed by atoms with Gasteiger partial charge in [0.1, 0.15) is 5.82 Å². The third-order valence-corrected chi connectivity index (χ3v) is 6.18. The van der Waals surface area contributed by atoms with Crippen LogP contribution in [0.3, 0.4) is 0 Å². The van der Waals surface area contributed by atoms with Gasteiger partial charge in [-0.05, 0) is 77.9 Å². The molecule has 158 valence electrons. The minimum absolute atomic E-state index is 0.0377. The predicted molar refractivity (Wildman–Crippen MR) is 114 cm³/mol. The lowest BCUT2D eigenvalue weighted by atomic mass is 10.1. The van der Waals surface area contributed by atoms with E-state index in [1.165, 1.54) is 43.2 Å². The number of likely N-dealkylation sites (tertiary alicyclic amines) is 1. The number of thioether (sulfide) groups is 1. The minimum atomic E-state index is -0.320. The lowest BCUT2D eigenvalue weighted by Gasteiger charge is -2.32. The van der Waals surface area contributed by atoms with E-state index in [0.29, 0.717) is 5.16 Å². The van der Waals surface area contributed by atoms with Gasteiger partial charge < -0.3 is 5.32 Å². The maximum Gasteiger partial charge on any atom is 0.233 e. The smallest absolute Gasteiger partial charge is 0.233 e. The molecule has 0 aliphatic carbocycles. The molecule has 0 bridgehead atoms. The molecule has 2 atom stereocenters. The van der Waals surface area contributed by atoms with E-state index in [4.69, 9.17) is 0 Å². The van der Waals surface area contributed by atoms with Crippen molar-refractivity contribution in [1.82, 2.24) is 25.0 Å². The van der Waals surface area contributed by atoms with Crippen LogP contribution >= 0.6 is 11.8 Å². The molecule has 8 heteroatoms. The Morgan fingerprint density at radius 3 is 2.34 bits per heavy atom. The SMILES string of the molecule is CC(C)NC(=O)[C@H](C)Sc1nnc([C@@H](C)N2CCCCC2)n1-c1ccc(F)cc1. The van der Waals surface area contributed by atoms with Crippen LogP contribution in [0.1, 0.15) is 58.8 Å². The van der Waals surface area contributed by atoms with Crippen LogP contribution in [-0.4, -0.2) is 50.0 Å². The number of nitrogens with zero attached hydrogens (tertiary/aromatic N) is 4. The van der Waals surface area contributed by atoms with Crippen LogP contribution < -0.4 is 5.32 Å². The fourth-order valence-electron chi connectivity index (χ4n) is 3.54. The summed E-state index contributed by atoms with van der Waals surface area (Å²) < 4.78 is 15.5. The molecule has 3 rings (SSSR count). The lowest BCUT2D eigenvalue weighted by Crippen LogP contribution is -2.36. The molecule has 0 saturated carbocycles. The second-order valence-electron chi connectivity index (χ2n) is 7.85. The van der Waals surface area contributed by atoms with Gasteiger partial charge in [0.2, 0.25) is 5.91 Å². The Morgan fingerprint density at radius 1 is 1.07 bits per heavy atom. The van der Waals surface area contributed by atoms with Crippen LogP contribution in [0.4, 0.5) is 4.39 Å². The van der Waals surface area contributed by atoms with Gasteiger partial charge in [-0.25, -0.2) is 4.39 Å². The van der Waals surface area contributed by atoms with Crippen molar-refractivity contribution in [2.75, 3.05) is 13.1 Å². The average Bonchev–Trinajstić information content (AvgIpc) is 3.11. The number of halogens is 1. The van der Waals surface area contributed by atoms with E-state index in [9.17, 15) is 9.18 Å². The molecule has 0 unspecified atom stereocenters. The van der Waals surface area contributed by atoms with Gasteiger partial charge in [-0.15, -0.1) is 10.2 Å². The van der Waals surface area contributed by atoms with Crippen molar-refractivity contribution >= 4 is 17.7 Å². The highest BCUT2D eigenvalue weighted by atomic mass is 32.2. The van der Waals surface area contributed by atoms with E-state index in [-0.39, 0.29) is 29.1 Å². The summed E-state index contributed by atoms with van der Waals surface area (Å²) in [5.41, 5.74) is 0.800. The van der Waals surface area contributed by atoms with Gasteiger partial charge in [0, 0.05) is 11.7 Å². The normalized spacial score (nSPS) is 17.3. The molecule has 1 aliphatic rings. The molecule has 6 nitrogen and oxygen atoms in total. The summed E-state index contributed by atoms with van der Waals surface area (Å²) >= 11 is 1.37. The van der Waals surface area contributed by atoms with Gasteiger partial charge in [0.25, 0.3) is 0 Å². The summed E-state index contributed by atoms with van der Waals surface area (Å²) in [7, 11) is 0. The number of benzene rings is 1. The van der Waals surface area contributed by atoms with Crippen molar-refractivity contribution in [2.24, 2.45) is 0 Å². The van der Waals surface area contributed by atoms with E-state index in [1.807, 2.05) is 25.3 Å². The molecule has 1 aromatic carbocycles. The van der Waals surface area contributed by atoms with Crippen molar-refractivity contribution in [2.45, 2.75) is 69.4 Å². The molecule has 0 spiro atoms. The number of hydrogen-bond acceptors (Lipinski definition) is 5. The van der Waals surface area contributed by atoms with Crippen LogP contribution in [0.5, 0.6) is 0 Å². The van der Waals surface area contributed by atoms with Crippen molar-refractivity contribution in [3.05, 3.63) is 35.9 Å². The molecule has 2 aromatic rings. The monoisotopic (exact) mass is 419 g/mol. The molecular weight excluding hydrogens is 389 g/mol. The summed E-state index contributed by atoms with van der Waals surface area (Å²) in [6.07, 6.45) is 3.63. The van der Waals surface area contributed by atoms with E-state index >= 15 is 0 Å². The Morgan fingerprint density at radius 2 is 1.72 bits per heavy atom. The van der Waals surface area contributed by atoms with Crippen LogP contribution in [0.25, 0.3) is 5.69 Å². The maximum atomic E-state index is 13.5. The first-order valence-electron chi connectivity index (χ1n) is 10.3. The largest absolute Gasteiger partial charge is 0.353 e. The van der Waals surface area contributed by atoms with Crippen LogP contribution in [-0.2, 0) is 4.79 Å². The standard InChI is InChI=1S/C21H30FN5OS/c1-14(2)23-20(28)16(4)29-21-25-24-19(15(3)26-12-6-5-7-13-26)27(21)18-10-8-17(22)9-11-18/h8-11,14-16H,5-7,12-13H2,1-4H3,(H,23,28)/t15-,16+/m1/s1. The molecule has 29 heavy (non-hydrogen) atoms. The topological polar surface area (TPSA) is 63.1 Å². The number of carbonyl (C=O) groups is 1. The molecule has 1 N–H and O–H groups in total. The van der Waals surface area contributed by atoms with E-state index in [1.54, 1.807) is 12.1 Å². The summed E-state index contributed by atoms with van der Waals surface area (Å²) in [5.74, 6) is 0.494. The van der Waals surface area contributed by atoms with Gasteiger partial charge >= 0.3 is 0 Å². The predicted octanol–water partition coefficient (Wildman–Crippen LogP) is 3.96. The quantitative estimate of drug-likeness (QED) is 0.689. The first-order chi connectivity index (χ1) is 13.9. The average molecular weight is 420 g/mol. The van der Waals surface area contributed by atoms with Crippen LogP contribution in [0, 0.1) is 5.82 Å². The third-order valence-electron chi connectivity index (χ3n) is 5.14. The summed E-state index contributed by atoms with van der Waals surface area (Å²) in [6, 6.07) is 6.50. The first kappa shape index (κ1) is 21.8. The van der Waals surface area contributed by atoms with Gasteiger partial charge in [0.05, 0.1) is 11.3 Å². The van der Waals surface area contributed by atoms with E-state index in [0.717, 1.165) is 24.6 Å². The number of piperidine rings is 1. The number of aromatic nitrogens is 3. The van der Waals surface area contributed by atoms with Crippen LogP contribution in [0.15, 0.2) is 29.4 Å². The fraction of sp³-hybridized carbons (Fsp3) is 0.571. The molecule has 1 aliphatic heterocycles. The van der Waals surface area contributed by atoms with Gasteiger partial charge in [0.15, 0.2) is 11.0 Å². The molecule has 2 heterocycles. The third kappa shape index (κ3) is 5.36. The number of carbonyl (C=O) groups excluding carboxylic acids is 1. The Hall–Kier alpha value is -1.93. The molecular formula is C21H30FN5OS. The molecule has 0 radical (unpaired) electrons. The second kappa shape index (κ2) is 9.71. The molecule has 1 fully saturated rings. The van der Waals surface area contributed by atoms with Crippen LogP contribution in [0.2, 0.25) is 0 Å². The number of hydrogen-bond donors (Lipinski definition) is 1. The zero-order valence-electron chi connectivity index (χ0n) is 17.6. The maximum absolute atomic E-state index is 13.5. The summed E-state index contributed by atoms with van der Waals surface area (Å²) in [6.45, 7) is 9.95. The highest BCUT2D eigenvalue weighted by molar-refractivity contribution is 8.00. The number of amides is 1. The Labute approximate surface area is 176 Å². The van der Waals surface area contributed by atoms with Crippen molar-refractivity contribution in [3.63, 3.8) is 0 Å². The highest BCUT2D eigenvalue weighted by Crippen LogP contribution is 2.31. The minimum Gasteiger partial charge on any atom is -0.353 e. The first-order valence-corrected chi connectivity index (χ1v) is 11.2. The number of rotatable bonds is 7. The fourth-order valence-corrected chi connectivity index (χ4v) is 4.43. The molecule has 1 saturated heterocycles. The summed E-state index contributed by atoms with van der Waals surface area (Å²) in [5, 5.41) is 12.2. The van der Waals surface area contributed by atoms with Crippen molar-refractivity contribution in [1.29, 1.82) is 0 Å². The zero-order chi connectivity index (χ0) is 21.0. The van der Waals surface area contributed by atoms with Gasteiger partial charge in [-0.2, -0.15) is 0 Å².